The number of benzene rings is 1. The van der Waals surface area contributed by atoms with Crippen LogP contribution in [-0.2, 0) is 18.9 Å². The van der Waals surface area contributed by atoms with E-state index in [1.807, 2.05) is 30.8 Å². The smallest absolute Gasteiger partial charge is 0.0961 e. The van der Waals surface area contributed by atoms with Gasteiger partial charge < -0.3 is 4.57 Å². The number of hydrogen-bond acceptors (Lipinski definition) is 4. The monoisotopic (exact) mass is 372 g/mol. The van der Waals surface area contributed by atoms with Crippen LogP contribution in [0.5, 0.6) is 0 Å². The van der Waals surface area contributed by atoms with Gasteiger partial charge in [0.2, 0.25) is 0 Å². The normalized spacial score (nSPS) is 15.1. The molecular formula is C23H24N4O. The van der Waals surface area contributed by atoms with E-state index in [-0.39, 0.29) is 6.54 Å². The van der Waals surface area contributed by atoms with Gasteiger partial charge in [-0.1, -0.05) is 35.0 Å². The van der Waals surface area contributed by atoms with Crippen molar-refractivity contribution in [1.82, 2.24) is 14.5 Å². The van der Waals surface area contributed by atoms with Gasteiger partial charge in [0.05, 0.1) is 29.7 Å². The lowest BCUT2D eigenvalue weighted by Gasteiger charge is -2.30. The molecule has 1 aliphatic rings. The Kier molecular flexibility index (Phi) is 4.46. The summed E-state index contributed by atoms with van der Waals surface area (Å²) in [5, 5.41) is 3.34. The number of hydrogen-bond donors (Lipinski definition) is 0. The molecule has 1 aliphatic carbocycles. The molecule has 0 N–H and O–H groups in total. The average molecular weight is 372 g/mol. The number of rotatable bonds is 4. The number of aryl methyl sites for hydroxylation is 2. The summed E-state index contributed by atoms with van der Waals surface area (Å²) in [5.74, 6) is 0. The third-order valence-corrected chi connectivity index (χ3v) is 5.87. The molecule has 1 atom stereocenters. The molecule has 0 spiro atoms. The molecule has 1 aromatic carbocycles. The minimum atomic E-state index is -0.632. The Morgan fingerprint density at radius 2 is 2.04 bits per heavy atom. The number of fused-ring (bicyclic) bond motifs is 2. The second-order valence-corrected chi connectivity index (χ2v) is 7.84. The van der Waals surface area contributed by atoms with Crippen LogP contribution < -0.4 is 0 Å². The van der Waals surface area contributed by atoms with Crippen molar-refractivity contribution in [2.45, 2.75) is 32.6 Å². The van der Waals surface area contributed by atoms with Gasteiger partial charge in [-0.3, -0.25) is 4.98 Å². The predicted octanol–water partition coefficient (Wildman–Crippen LogP) is 4.60. The van der Waals surface area contributed by atoms with Crippen molar-refractivity contribution >= 4 is 11.6 Å². The molecule has 28 heavy (non-hydrogen) atoms. The van der Waals surface area contributed by atoms with Crippen LogP contribution in [0, 0.1) is 18.8 Å². The molecule has 5 nitrogen and oxygen atoms in total. The zero-order chi connectivity index (χ0) is 19.9. The van der Waals surface area contributed by atoms with Crippen molar-refractivity contribution in [3.05, 3.63) is 87.1 Å². The fourth-order valence-electron chi connectivity index (χ4n) is 4.14. The molecular weight excluding hydrogens is 348 g/mol. The zero-order valence-electron chi connectivity index (χ0n) is 16.7. The van der Waals surface area contributed by atoms with E-state index in [9.17, 15) is 4.91 Å². The lowest BCUT2D eigenvalue weighted by atomic mass is 9.73. The molecule has 142 valence electrons. The maximum Gasteiger partial charge on any atom is 0.0961 e. The van der Waals surface area contributed by atoms with Gasteiger partial charge in [-0.2, -0.15) is 4.91 Å². The van der Waals surface area contributed by atoms with Gasteiger partial charge >= 0.3 is 0 Å². The summed E-state index contributed by atoms with van der Waals surface area (Å²) in [6.45, 7) is 6.33. The van der Waals surface area contributed by atoms with Crippen LogP contribution >= 0.6 is 0 Å². The van der Waals surface area contributed by atoms with Crippen molar-refractivity contribution < 1.29 is 0 Å². The molecule has 0 bridgehead atoms. The van der Waals surface area contributed by atoms with E-state index < -0.39 is 5.41 Å². The quantitative estimate of drug-likeness (QED) is 0.629. The molecule has 0 saturated heterocycles. The Balaban J connectivity index is 2.04. The summed E-state index contributed by atoms with van der Waals surface area (Å²) in [4.78, 5) is 20.8. The highest BCUT2D eigenvalue weighted by atomic mass is 16.3. The van der Waals surface area contributed by atoms with E-state index in [1.54, 1.807) is 6.33 Å². The molecule has 4 rings (SSSR count). The molecule has 3 aromatic rings. The Labute approximate surface area is 165 Å². The first-order chi connectivity index (χ1) is 13.4. The fraction of sp³-hybridized carbons (Fsp3) is 0.304. The van der Waals surface area contributed by atoms with Crippen LogP contribution in [0.15, 0.2) is 48.0 Å². The number of nitroso groups, excluding NO2 is 1. The van der Waals surface area contributed by atoms with E-state index in [0.717, 1.165) is 40.2 Å². The largest absolute Gasteiger partial charge is 0.338 e. The first-order valence-corrected chi connectivity index (χ1v) is 9.47. The summed E-state index contributed by atoms with van der Waals surface area (Å²) in [7, 11) is 1.97. The Bertz CT molecular complexity index is 1100. The summed E-state index contributed by atoms with van der Waals surface area (Å²) < 4.78 is 1.99. The molecule has 1 unspecified atom stereocenters. The molecule has 0 aliphatic heterocycles. The van der Waals surface area contributed by atoms with Gasteiger partial charge in [-0.05, 0) is 55.2 Å². The highest BCUT2D eigenvalue weighted by Gasteiger charge is 2.38. The second kappa shape index (κ2) is 6.82. The Morgan fingerprint density at radius 1 is 1.21 bits per heavy atom. The summed E-state index contributed by atoms with van der Waals surface area (Å²) in [6, 6.07) is 10.5. The third-order valence-electron chi connectivity index (χ3n) is 5.87. The van der Waals surface area contributed by atoms with Crippen molar-refractivity contribution in [1.29, 1.82) is 0 Å². The first kappa shape index (κ1) is 18.3. The molecule has 0 radical (unpaired) electrons. The van der Waals surface area contributed by atoms with Gasteiger partial charge in [-0.25, -0.2) is 4.98 Å². The first-order valence-electron chi connectivity index (χ1n) is 9.47. The van der Waals surface area contributed by atoms with Crippen molar-refractivity contribution in [2.75, 3.05) is 6.54 Å². The van der Waals surface area contributed by atoms with Crippen LogP contribution in [-0.4, -0.2) is 21.1 Å². The van der Waals surface area contributed by atoms with E-state index in [4.69, 9.17) is 0 Å². The average Bonchev–Trinajstić information content (AvgIpc) is 2.92. The lowest BCUT2D eigenvalue weighted by molar-refractivity contribution is 0.604. The zero-order valence-corrected chi connectivity index (χ0v) is 16.7. The number of imidazole rings is 1. The van der Waals surface area contributed by atoms with Crippen LogP contribution in [0.2, 0.25) is 0 Å². The minimum absolute atomic E-state index is 0.125. The lowest BCUT2D eigenvalue weighted by Crippen LogP contribution is -2.29. The van der Waals surface area contributed by atoms with Crippen LogP contribution in [0.4, 0.5) is 0 Å². The Morgan fingerprint density at radius 3 is 2.75 bits per heavy atom. The van der Waals surface area contributed by atoms with E-state index in [1.165, 1.54) is 11.1 Å². The van der Waals surface area contributed by atoms with Crippen LogP contribution in [0.25, 0.3) is 11.6 Å². The minimum Gasteiger partial charge on any atom is -0.338 e. The number of pyridine rings is 1. The van der Waals surface area contributed by atoms with Crippen molar-refractivity contribution in [3.8, 4) is 0 Å². The van der Waals surface area contributed by atoms with Crippen LogP contribution in [0.3, 0.4) is 0 Å². The highest BCUT2D eigenvalue weighted by Crippen LogP contribution is 2.44. The van der Waals surface area contributed by atoms with Crippen molar-refractivity contribution in [3.63, 3.8) is 0 Å². The van der Waals surface area contributed by atoms with Gasteiger partial charge in [0.25, 0.3) is 0 Å². The maximum absolute atomic E-state index is 11.5. The number of aromatic nitrogens is 3. The van der Waals surface area contributed by atoms with Gasteiger partial charge in [0.15, 0.2) is 0 Å². The summed E-state index contributed by atoms with van der Waals surface area (Å²) in [6.07, 6.45) is 6.57. The summed E-state index contributed by atoms with van der Waals surface area (Å²) in [5.41, 5.74) is 8.03. The van der Waals surface area contributed by atoms with E-state index in [0.29, 0.717) is 0 Å². The second-order valence-electron chi connectivity index (χ2n) is 7.84. The fourth-order valence-corrected chi connectivity index (χ4v) is 4.14. The topological polar surface area (TPSA) is 60.1 Å². The van der Waals surface area contributed by atoms with Crippen molar-refractivity contribution in [2.24, 2.45) is 12.2 Å². The van der Waals surface area contributed by atoms with Crippen LogP contribution in [0.1, 0.15) is 46.3 Å². The molecule has 0 amide bonds. The Hall–Kier alpha value is -3.08. The third kappa shape index (κ3) is 2.87. The maximum atomic E-state index is 11.5. The number of nitrogens with zero attached hydrogens (tertiary/aromatic N) is 4. The van der Waals surface area contributed by atoms with Gasteiger partial charge in [-0.15, -0.1) is 0 Å². The predicted molar refractivity (Wildman–Crippen MR) is 112 cm³/mol. The molecule has 0 saturated carbocycles. The van der Waals surface area contributed by atoms with E-state index in [2.05, 4.69) is 59.3 Å². The molecule has 2 heterocycles. The molecule has 0 fully saturated rings. The molecule has 2 aromatic heterocycles. The molecule has 5 heteroatoms. The summed E-state index contributed by atoms with van der Waals surface area (Å²) >= 11 is 0. The van der Waals surface area contributed by atoms with E-state index >= 15 is 0 Å². The highest BCUT2D eigenvalue weighted by molar-refractivity contribution is 5.90. The standard InChI is InChI=1S/C23H24N4O/c1-15-7-8-17-12-21-18(6-5-9-24-21)11-20(19(17)10-15)23(3,13-26-28)22-16(2)27(4)14-25-22/h5-11,14H,12-13H2,1-4H3. The van der Waals surface area contributed by atoms with Gasteiger partial charge in [0.1, 0.15) is 0 Å². The SMILES string of the molecule is Cc1ccc2c(c1)C(C(C)(CN=O)c1ncn(C)c1C)=Cc1cccnc1C2. The van der Waals surface area contributed by atoms with Gasteiger partial charge in [0, 0.05) is 25.4 Å².